The third-order valence-electron chi connectivity index (χ3n) is 3.52. The van der Waals surface area contributed by atoms with Gasteiger partial charge in [-0.05, 0) is 41.1 Å². The van der Waals surface area contributed by atoms with Gasteiger partial charge in [0, 0.05) is 16.6 Å². The fourth-order valence-electron chi connectivity index (χ4n) is 2.35. The molecular formula is C16H16BrN3O5S. The Balaban J connectivity index is 2.38. The largest absolute Gasteiger partial charge is 0.323 e. The van der Waals surface area contributed by atoms with Crippen molar-refractivity contribution < 1.29 is 18.1 Å². The van der Waals surface area contributed by atoms with Gasteiger partial charge in [-0.15, -0.1) is 0 Å². The van der Waals surface area contributed by atoms with Crippen LogP contribution in [0.2, 0.25) is 0 Å². The first-order chi connectivity index (χ1) is 12.1. The van der Waals surface area contributed by atoms with Crippen LogP contribution in [0.3, 0.4) is 0 Å². The van der Waals surface area contributed by atoms with Crippen LogP contribution in [0.25, 0.3) is 0 Å². The Kier molecular flexibility index (Phi) is 5.98. The van der Waals surface area contributed by atoms with Crippen molar-refractivity contribution in [1.29, 1.82) is 0 Å². The van der Waals surface area contributed by atoms with Gasteiger partial charge in [-0.1, -0.05) is 18.2 Å². The lowest BCUT2D eigenvalue weighted by Crippen LogP contribution is -2.45. The zero-order valence-electron chi connectivity index (χ0n) is 13.9. The minimum Gasteiger partial charge on any atom is -0.323 e. The molecule has 8 nitrogen and oxygen atoms in total. The van der Waals surface area contributed by atoms with E-state index in [1.54, 1.807) is 24.3 Å². The van der Waals surface area contributed by atoms with E-state index in [4.69, 9.17) is 0 Å². The van der Waals surface area contributed by atoms with E-state index in [0.717, 1.165) is 16.6 Å². The van der Waals surface area contributed by atoms with Crippen LogP contribution in [0.1, 0.15) is 6.92 Å². The Morgan fingerprint density at radius 2 is 1.88 bits per heavy atom. The Labute approximate surface area is 159 Å². The highest BCUT2D eigenvalue weighted by Gasteiger charge is 2.30. The summed E-state index contributed by atoms with van der Waals surface area (Å²) in [5.41, 5.74) is 0.253. The minimum absolute atomic E-state index is 0.0384. The summed E-state index contributed by atoms with van der Waals surface area (Å²) in [4.78, 5) is 22.9. The molecule has 0 radical (unpaired) electrons. The van der Waals surface area contributed by atoms with Gasteiger partial charge in [0.2, 0.25) is 15.9 Å². The van der Waals surface area contributed by atoms with E-state index in [9.17, 15) is 23.3 Å². The van der Waals surface area contributed by atoms with Crippen LogP contribution in [0.4, 0.5) is 17.1 Å². The molecule has 1 atom stereocenters. The van der Waals surface area contributed by atoms with Crippen molar-refractivity contribution in [1.82, 2.24) is 0 Å². The second-order valence-corrected chi connectivity index (χ2v) is 8.19. The van der Waals surface area contributed by atoms with Crippen LogP contribution in [0, 0.1) is 10.1 Å². The highest BCUT2D eigenvalue weighted by molar-refractivity contribution is 9.10. The maximum atomic E-state index is 12.6. The summed E-state index contributed by atoms with van der Waals surface area (Å²) >= 11 is 3.30. The first kappa shape index (κ1) is 19.9. The van der Waals surface area contributed by atoms with Crippen LogP contribution >= 0.6 is 15.9 Å². The average molecular weight is 442 g/mol. The lowest BCUT2D eigenvalue weighted by molar-refractivity contribution is -0.384. The molecule has 0 unspecified atom stereocenters. The predicted octanol–water partition coefficient (Wildman–Crippen LogP) is 3.15. The summed E-state index contributed by atoms with van der Waals surface area (Å²) in [5, 5.41) is 13.6. The summed E-state index contributed by atoms with van der Waals surface area (Å²) in [5.74, 6) is -0.575. The van der Waals surface area contributed by atoms with Gasteiger partial charge in [-0.25, -0.2) is 8.42 Å². The normalized spacial score (nSPS) is 12.3. The summed E-state index contributed by atoms with van der Waals surface area (Å²) in [6.07, 6.45) is 0.939. The van der Waals surface area contributed by atoms with Gasteiger partial charge in [0.15, 0.2) is 0 Å². The zero-order chi connectivity index (χ0) is 19.5. The number of amides is 1. The number of carbonyl (C=O) groups is 1. The molecule has 0 spiro atoms. The van der Waals surface area contributed by atoms with Gasteiger partial charge < -0.3 is 5.32 Å². The van der Waals surface area contributed by atoms with E-state index in [1.165, 1.54) is 25.1 Å². The van der Waals surface area contributed by atoms with Crippen LogP contribution in [-0.2, 0) is 14.8 Å². The van der Waals surface area contributed by atoms with Gasteiger partial charge >= 0.3 is 0 Å². The summed E-state index contributed by atoms with van der Waals surface area (Å²) in [7, 11) is -3.87. The summed E-state index contributed by atoms with van der Waals surface area (Å²) in [6.45, 7) is 1.41. The fraction of sp³-hybridized carbons (Fsp3) is 0.188. The molecule has 26 heavy (non-hydrogen) atoms. The third-order valence-corrected chi connectivity index (χ3v) is 5.45. The highest BCUT2D eigenvalue weighted by Crippen LogP contribution is 2.27. The van der Waals surface area contributed by atoms with Crippen molar-refractivity contribution in [3.63, 3.8) is 0 Å². The number of para-hydroxylation sites is 1. The van der Waals surface area contributed by atoms with E-state index < -0.39 is 26.9 Å². The number of hydrogen-bond donors (Lipinski definition) is 1. The van der Waals surface area contributed by atoms with Crippen molar-refractivity contribution in [2.24, 2.45) is 0 Å². The molecule has 2 rings (SSSR count). The van der Waals surface area contributed by atoms with E-state index in [-0.39, 0.29) is 11.4 Å². The number of nitro groups is 1. The maximum absolute atomic E-state index is 12.6. The molecular weight excluding hydrogens is 426 g/mol. The zero-order valence-corrected chi connectivity index (χ0v) is 16.3. The van der Waals surface area contributed by atoms with Crippen molar-refractivity contribution in [2.75, 3.05) is 15.9 Å². The molecule has 0 heterocycles. The third kappa shape index (κ3) is 4.58. The Hall–Kier alpha value is -2.46. The van der Waals surface area contributed by atoms with Crippen molar-refractivity contribution >= 4 is 48.9 Å². The Morgan fingerprint density at radius 1 is 1.23 bits per heavy atom. The van der Waals surface area contributed by atoms with Crippen LogP contribution in [0.15, 0.2) is 53.0 Å². The lowest BCUT2D eigenvalue weighted by Gasteiger charge is -2.28. The number of benzene rings is 2. The maximum Gasteiger partial charge on any atom is 0.271 e. The molecule has 0 aliphatic rings. The van der Waals surface area contributed by atoms with Crippen molar-refractivity contribution in [2.45, 2.75) is 13.0 Å². The molecule has 0 saturated carbocycles. The second kappa shape index (κ2) is 7.83. The number of nitrogens with zero attached hydrogens (tertiary/aromatic N) is 2. The first-order valence-electron chi connectivity index (χ1n) is 7.40. The Morgan fingerprint density at radius 3 is 2.46 bits per heavy atom. The number of non-ortho nitro benzene ring substituents is 1. The van der Waals surface area contributed by atoms with E-state index >= 15 is 0 Å². The van der Waals surface area contributed by atoms with E-state index in [0.29, 0.717) is 10.2 Å². The Bertz CT molecular complexity index is 948. The van der Waals surface area contributed by atoms with Gasteiger partial charge in [0.25, 0.3) is 5.69 Å². The lowest BCUT2D eigenvalue weighted by atomic mass is 10.2. The summed E-state index contributed by atoms with van der Waals surface area (Å²) in [6, 6.07) is 10.9. The molecule has 0 aliphatic carbocycles. The molecule has 0 fully saturated rings. The SMILES string of the molecule is C[C@H](C(=O)Nc1ccccc1Br)N(c1cccc([N+](=O)[O-])c1)S(C)(=O)=O. The van der Waals surface area contributed by atoms with Gasteiger partial charge in [0.1, 0.15) is 6.04 Å². The molecule has 0 aliphatic heterocycles. The molecule has 1 N–H and O–H groups in total. The number of anilines is 2. The topological polar surface area (TPSA) is 110 Å². The molecule has 1 amide bonds. The quantitative estimate of drug-likeness (QED) is 0.546. The second-order valence-electron chi connectivity index (χ2n) is 5.48. The number of nitro benzene ring substituents is 1. The van der Waals surface area contributed by atoms with Gasteiger partial charge in [-0.3, -0.25) is 19.2 Å². The minimum atomic E-state index is -3.87. The molecule has 0 aromatic heterocycles. The number of rotatable bonds is 6. The first-order valence-corrected chi connectivity index (χ1v) is 10.0. The molecule has 0 saturated heterocycles. The number of carbonyl (C=O) groups excluding carboxylic acids is 1. The smallest absolute Gasteiger partial charge is 0.271 e. The van der Waals surface area contributed by atoms with Crippen LogP contribution in [-0.4, -0.2) is 31.5 Å². The standard InChI is InChI=1S/C16H16BrN3O5S/c1-11(16(21)18-15-9-4-3-8-14(15)17)19(26(2,24)25)12-6-5-7-13(10-12)20(22)23/h3-11H,1-2H3,(H,18,21)/t11-/m1/s1. The molecule has 138 valence electrons. The average Bonchev–Trinajstić information content (AvgIpc) is 2.56. The predicted molar refractivity (Wildman–Crippen MR) is 103 cm³/mol. The van der Waals surface area contributed by atoms with Crippen LogP contribution < -0.4 is 9.62 Å². The van der Waals surface area contributed by atoms with Crippen molar-refractivity contribution in [3.8, 4) is 0 Å². The fourth-order valence-corrected chi connectivity index (χ4v) is 3.90. The van der Waals surface area contributed by atoms with E-state index in [2.05, 4.69) is 21.2 Å². The summed E-state index contributed by atoms with van der Waals surface area (Å²) < 4.78 is 26.0. The molecule has 2 aromatic rings. The number of sulfonamides is 1. The van der Waals surface area contributed by atoms with Crippen molar-refractivity contribution in [3.05, 3.63) is 63.1 Å². The molecule has 0 bridgehead atoms. The number of halogens is 1. The monoisotopic (exact) mass is 441 g/mol. The van der Waals surface area contributed by atoms with Gasteiger partial charge in [0.05, 0.1) is 22.6 Å². The molecule has 2 aromatic carbocycles. The molecule has 10 heteroatoms. The van der Waals surface area contributed by atoms with Gasteiger partial charge in [-0.2, -0.15) is 0 Å². The highest BCUT2D eigenvalue weighted by atomic mass is 79.9. The van der Waals surface area contributed by atoms with Crippen LogP contribution in [0.5, 0.6) is 0 Å². The number of hydrogen-bond acceptors (Lipinski definition) is 5. The van der Waals surface area contributed by atoms with E-state index in [1.807, 2.05) is 0 Å². The number of nitrogens with one attached hydrogen (secondary N) is 1.